The van der Waals surface area contributed by atoms with E-state index in [9.17, 15) is 0 Å². The maximum atomic E-state index is 4.13. The molecule has 0 aliphatic heterocycles. The summed E-state index contributed by atoms with van der Waals surface area (Å²) >= 11 is 5.17. The number of nitrogens with zero attached hydrogens (tertiary/aromatic N) is 3. The first-order valence-electron chi connectivity index (χ1n) is 5.60. The van der Waals surface area contributed by atoms with Gasteiger partial charge in [-0.15, -0.1) is 16.4 Å². The summed E-state index contributed by atoms with van der Waals surface area (Å²) in [5.74, 6) is 0. The first-order valence-corrected chi connectivity index (χ1v) is 7.28. The van der Waals surface area contributed by atoms with Gasteiger partial charge in [-0.3, -0.25) is 0 Å². The summed E-state index contributed by atoms with van der Waals surface area (Å²) in [6.45, 7) is 4.75. The van der Waals surface area contributed by atoms with Crippen molar-refractivity contribution in [2.75, 3.05) is 6.54 Å². The Balaban J connectivity index is 1.89. The van der Waals surface area contributed by atoms with Gasteiger partial charge in [0.25, 0.3) is 0 Å². The van der Waals surface area contributed by atoms with Gasteiger partial charge in [-0.05, 0) is 35.0 Å². The van der Waals surface area contributed by atoms with E-state index in [1.54, 1.807) is 11.3 Å². The molecule has 0 aliphatic rings. The zero-order valence-corrected chi connectivity index (χ0v) is 12.1. The summed E-state index contributed by atoms with van der Waals surface area (Å²) in [4.78, 5) is 1.27. The minimum atomic E-state index is 0.789. The molecule has 1 N–H and O–H groups in total. The van der Waals surface area contributed by atoms with Crippen LogP contribution in [0.5, 0.6) is 0 Å². The van der Waals surface area contributed by atoms with E-state index >= 15 is 0 Å². The molecule has 2 heterocycles. The monoisotopic (exact) mass is 314 g/mol. The van der Waals surface area contributed by atoms with Gasteiger partial charge in [0.1, 0.15) is 0 Å². The molecule has 0 atom stereocenters. The van der Waals surface area contributed by atoms with E-state index in [1.165, 1.54) is 4.88 Å². The molecule has 0 radical (unpaired) electrons. The number of rotatable bonds is 6. The highest BCUT2D eigenvalue weighted by Gasteiger charge is 2.03. The predicted molar refractivity (Wildman–Crippen MR) is 73.1 cm³/mol. The van der Waals surface area contributed by atoms with Crippen molar-refractivity contribution in [1.29, 1.82) is 0 Å². The molecular formula is C11H15BrN4S. The second-order valence-corrected chi connectivity index (χ2v) is 5.73. The van der Waals surface area contributed by atoms with E-state index in [0.29, 0.717) is 0 Å². The van der Waals surface area contributed by atoms with Crippen LogP contribution in [0.25, 0.3) is 0 Å². The molecule has 0 fully saturated rings. The maximum absolute atomic E-state index is 4.13. The maximum Gasteiger partial charge on any atom is 0.0964 e. The van der Waals surface area contributed by atoms with E-state index in [0.717, 1.165) is 36.2 Å². The fourth-order valence-electron chi connectivity index (χ4n) is 1.49. The molecule has 0 spiro atoms. The van der Waals surface area contributed by atoms with E-state index in [1.807, 2.05) is 10.9 Å². The van der Waals surface area contributed by atoms with Gasteiger partial charge in [-0.2, -0.15) is 0 Å². The van der Waals surface area contributed by atoms with Gasteiger partial charge in [0.05, 0.1) is 18.4 Å². The van der Waals surface area contributed by atoms with Gasteiger partial charge in [0, 0.05) is 21.3 Å². The summed E-state index contributed by atoms with van der Waals surface area (Å²) in [6.07, 6.45) is 3.13. The highest BCUT2D eigenvalue weighted by Crippen LogP contribution is 2.20. The normalized spacial score (nSPS) is 10.9. The van der Waals surface area contributed by atoms with Gasteiger partial charge < -0.3 is 5.32 Å². The van der Waals surface area contributed by atoms with Crippen LogP contribution in [0.3, 0.4) is 0 Å². The SMILES string of the molecule is CCCNCc1cn(Cc2cc(Br)cs2)nn1. The smallest absolute Gasteiger partial charge is 0.0964 e. The largest absolute Gasteiger partial charge is 0.311 e. The highest BCUT2D eigenvalue weighted by atomic mass is 79.9. The van der Waals surface area contributed by atoms with Gasteiger partial charge >= 0.3 is 0 Å². The van der Waals surface area contributed by atoms with Crippen LogP contribution in [0, 0.1) is 0 Å². The van der Waals surface area contributed by atoms with Crippen molar-refractivity contribution in [2.45, 2.75) is 26.4 Å². The summed E-state index contributed by atoms with van der Waals surface area (Å²) in [5, 5.41) is 13.6. The van der Waals surface area contributed by atoms with Crippen LogP contribution >= 0.6 is 27.3 Å². The predicted octanol–water partition coefficient (Wildman–Crippen LogP) is 2.65. The zero-order valence-electron chi connectivity index (χ0n) is 9.69. The lowest BCUT2D eigenvalue weighted by Gasteiger charge is -1.97. The molecule has 2 rings (SSSR count). The van der Waals surface area contributed by atoms with E-state index in [4.69, 9.17) is 0 Å². The van der Waals surface area contributed by atoms with Gasteiger partial charge in [0.2, 0.25) is 0 Å². The van der Waals surface area contributed by atoms with E-state index < -0.39 is 0 Å². The van der Waals surface area contributed by atoms with Gasteiger partial charge in [-0.25, -0.2) is 4.68 Å². The molecule has 17 heavy (non-hydrogen) atoms. The molecule has 0 saturated carbocycles. The Morgan fingerprint density at radius 2 is 2.41 bits per heavy atom. The number of hydrogen-bond acceptors (Lipinski definition) is 4. The molecule has 0 aliphatic carbocycles. The van der Waals surface area contributed by atoms with E-state index in [2.05, 4.69) is 49.9 Å². The summed E-state index contributed by atoms with van der Waals surface area (Å²) in [5.41, 5.74) is 0.995. The van der Waals surface area contributed by atoms with Crippen LogP contribution in [0.4, 0.5) is 0 Å². The Morgan fingerprint density at radius 3 is 3.12 bits per heavy atom. The van der Waals surface area contributed by atoms with Crippen molar-refractivity contribution in [3.63, 3.8) is 0 Å². The lowest BCUT2D eigenvalue weighted by molar-refractivity contribution is 0.649. The molecule has 4 nitrogen and oxygen atoms in total. The minimum Gasteiger partial charge on any atom is -0.311 e. The Labute approximate surface area is 113 Å². The van der Waals surface area contributed by atoms with Crippen molar-refractivity contribution in [3.05, 3.63) is 32.7 Å². The molecule has 0 amide bonds. The Bertz CT molecular complexity index is 465. The van der Waals surface area contributed by atoms with Crippen molar-refractivity contribution < 1.29 is 0 Å². The Morgan fingerprint density at radius 1 is 1.53 bits per heavy atom. The number of thiophene rings is 1. The zero-order chi connectivity index (χ0) is 12.1. The summed E-state index contributed by atoms with van der Waals surface area (Å²) < 4.78 is 3.00. The number of halogens is 1. The minimum absolute atomic E-state index is 0.789. The fraction of sp³-hybridized carbons (Fsp3) is 0.455. The van der Waals surface area contributed by atoms with Crippen molar-refractivity contribution in [3.8, 4) is 0 Å². The first-order chi connectivity index (χ1) is 8.28. The molecule has 92 valence electrons. The Kier molecular flexibility index (Phi) is 4.70. The van der Waals surface area contributed by atoms with Crippen LogP contribution in [0.2, 0.25) is 0 Å². The summed E-state index contributed by atoms with van der Waals surface area (Å²) in [6, 6.07) is 2.11. The topological polar surface area (TPSA) is 42.7 Å². The number of aromatic nitrogens is 3. The van der Waals surface area contributed by atoms with Gasteiger partial charge in [-0.1, -0.05) is 12.1 Å². The van der Waals surface area contributed by atoms with Crippen LogP contribution < -0.4 is 5.32 Å². The second kappa shape index (κ2) is 6.28. The second-order valence-electron chi connectivity index (χ2n) is 3.82. The first kappa shape index (κ1) is 12.7. The molecule has 0 saturated heterocycles. The van der Waals surface area contributed by atoms with Gasteiger partial charge in [0.15, 0.2) is 0 Å². The van der Waals surface area contributed by atoms with Crippen LogP contribution in [-0.2, 0) is 13.1 Å². The molecule has 0 unspecified atom stereocenters. The van der Waals surface area contributed by atoms with Crippen molar-refractivity contribution >= 4 is 27.3 Å². The molecular weight excluding hydrogens is 300 g/mol. The summed E-state index contributed by atoms with van der Waals surface area (Å²) in [7, 11) is 0. The standard InChI is InChI=1S/C11H15BrN4S/c1-2-3-13-5-10-6-16(15-14-10)7-11-4-9(12)8-17-11/h4,6,8,13H,2-3,5,7H2,1H3. The quantitative estimate of drug-likeness (QED) is 0.834. The van der Waals surface area contributed by atoms with Crippen molar-refractivity contribution in [1.82, 2.24) is 20.3 Å². The van der Waals surface area contributed by atoms with E-state index in [-0.39, 0.29) is 0 Å². The fourth-order valence-corrected chi connectivity index (χ4v) is 2.93. The molecule has 6 heteroatoms. The molecule has 2 aromatic rings. The van der Waals surface area contributed by atoms with Crippen LogP contribution in [-0.4, -0.2) is 21.5 Å². The Hall–Kier alpha value is -0.720. The average molecular weight is 315 g/mol. The lowest BCUT2D eigenvalue weighted by Crippen LogP contribution is -2.13. The number of nitrogens with one attached hydrogen (secondary N) is 1. The third kappa shape index (κ3) is 3.90. The third-order valence-corrected chi connectivity index (χ3v) is 3.94. The molecule has 0 aromatic carbocycles. The average Bonchev–Trinajstić information content (AvgIpc) is 2.90. The number of hydrogen-bond donors (Lipinski definition) is 1. The molecule has 0 bridgehead atoms. The van der Waals surface area contributed by atoms with Crippen LogP contribution in [0.15, 0.2) is 22.1 Å². The highest BCUT2D eigenvalue weighted by molar-refractivity contribution is 9.10. The van der Waals surface area contributed by atoms with Crippen molar-refractivity contribution in [2.24, 2.45) is 0 Å². The lowest BCUT2D eigenvalue weighted by atomic mass is 10.4. The molecule has 2 aromatic heterocycles. The third-order valence-electron chi connectivity index (χ3n) is 2.26. The van der Waals surface area contributed by atoms with Crippen LogP contribution in [0.1, 0.15) is 23.9 Å².